The number of aliphatic imine (C=N–C) groups is 1. The maximum Gasteiger partial charge on any atom is 0.191 e. The van der Waals surface area contributed by atoms with Crippen LogP contribution >= 0.6 is 0 Å². The van der Waals surface area contributed by atoms with Gasteiger partial charge in [-0.1, -0.05) is 24.3 Å². The molecule has 0 spiro atoms. The van der Waals surface area contributed by atoms with Crippen LogP contribution in [0.15, 0.2) is 53.5 Å². The highest BCUT2D eigenvalue weighted by Gasteiger charge is 2.23. The van der Waals surface area contributed by atoms with Crippen LogP contribution in [0.3, 0.4) is 0 Å². The Hall–Kier alpha value is -2.51. The predicted molar refractivity (Wildman–Crippen MR) is 106 cm³/mol. The molecule has 0 aromatic heterocycles. The van der Waals surface area contributed by atoms with E-state index in [0.29, 0.717) is 32.3 Å². The second-order valence-corrected chi connectivity index (χ2v) is 6.65. The van der Waals surface area contributed by atoms with Crippen LogP contribution in [0.1, 0.15) is 17.2 Å². The summed E-state index contributed by atoms with van der Waals surface area (Å²) in [5.74, 6) is 0.165. The molecule has 0 saturated carbocycles. The van der Waals surface area contributed by atoms with Crippen LogP contribution in [0, 0.1) is 11.6 Å². The van der Waals surface area contributed by atoms with Gasteiger partial charge in [-0.15, -0.1) is 0 Å². The van der Waals surface area contributed by atoms with E-state index in [1.54, 1.807) is 19.2 Å². The lowest BCUT2D eigenvalue weighted by molar-refractivity contribution is 0.0170. The van der Waals surface area contributed by atoms with Gasteiger partial charge in [0.2, 0.25) is 0 Å². The van der Waals surface area contributed by atoms with E-state index in [2.05, 4.69) is 20.5 Å². The van der Waals surface area contributed by atoms with Gasteiger partial charge < -0.3 is 15.4 Å². The Kier molecular flexibility index (Phi) is 7.33. The Balaban J connectivity index is 1.62. The average molecular weight is 388 g/mol. The van der Waals surface area contributed by atoms with Crippen molar-refractivity contribution in [2.75, 3.05) is 39.9 Å². The van der Waals surface area contributed by atoms with Crippen molar-refractivity contribution in [1.82, 2.24) is 15.5 Å². The molecule has 5 nitrogen and oxygen atoms in total. The van der Waals surface area contributed by atoms with Crippen molar-refractivity contribution in [3.8, 4) is 0 Å². The van der Waals surface area contributed by atoms with Crippen molar-refractivity contribution in [3.63, 3.8) is 0 Å². The van der Waals surface area contributed by atoms with E-state index in [0.717, 1.165) is 24.2 Å². The number of halogens is 2. The van der Waals surface area contributed by atoms with E-state index < -0.39 is 0 Å². The summed E-state index contributed by atoms with van der Waals surface area (Å²) in [5, 5.41) is 6.59. The van der Waals surface area contributed by atoms with E-state index >= 15 is 0 Å². The lowest BCUT2D eigenvalue weighted by atomic mass is 10.0. The fraction of sp³-hybridized carbons (Fsp3) is 0.381. The van der Waals surface area contributed by atoms with Gasteiger partial charge in [0.1, 0.15) is 11.6 Å². The van der Waals surface area contributed by atoms with Gasteiger partial charge in [-0.25, -0.2) is 8.78 Å². The molecule has 1 fully saturated rings. The first-order chi connectivity index (χ1) is 13.7. The van der Waals surface area contributed by atoms with Gasteiger partial charge >= 0.3 is 0 Å². The number of hydrogen-bond donors (Lipinski definition) is 2. The lowest BCUT2D eigenvalue weighted by Gasteiger charge is -2.35. The molecule has 1 aliphatic heterocycles. The molecule has 3 rings (SSSR count). The number of morpholine rings is 1. The summed E-state index contributed by atoms with van der Waals surface area (Å²) in [5.41, 5.74) is 2.01. The Morgan fingerprint density at radius 2 is 1.61 bits per heavy atom. The Morgan fingerprint density at radius 3 is 2.21 bits per heavy atom. The van der Waals surface area contributed by atoms with Gasteiger partial charge in [0.15, 0.2) is 5.96 Å². The predicted octanol–water partition coefficient (Wildman–Crippen LogP) is 2.70. The normalized spacial score (nSPS) is 16.6. The Morgan fingerprint density at radius 1 is 1.00 bits per heavy atom. The van der Waals surface area contributed by atoms with E-state index in [-0.39, 0.29) is 17.7 Å². The molecule has 0 amide bonds. The lowest BCUT2D eigenvalue weighted by Crippen LogP contribution is -2.46. The van der Waals surface area contributed by atoms with Gasteiger partial charge in [-0.3, -0.25) is 9.89 Å². The molecule has 1 saturated heterocycles. The second-order valence-electron chi connectivity index (χ2n) is 6.65. The van der Waals surface area contributed by atoms with Crippen molar-refractivity contribution in [2.24, 2.45) is 4.99 Å². The molecule has 0 bridgehead atoms. The molecule has 1 aliphatic rings. The summed E-state index contributed by atoms with van der Waals surface area (Å²) in [6.45, 7) is 4.19. The molecule has 1 atom stereocenters. The third-order valence-electron chi connectivity index (χ3n) is 4.80. The number of rotatable bonds is 6. The number of nitrogens with one attached hydrogen (secondary N) is 2. The summed E-state index contributed by atoms with van der Waals surface area (Å²) < 4.78 is 31.8. The summed E-state index contributed by atoms with van der Waals surface area (Å²) in [7, 11) is 1.71. The summed E-state index contributed by atoms with van der Waals surface area (Å²) >= 11 is 0. The molecule has 1 heterocycles. The highest BCUT2D eigenvalue weighted by Crippen LogP contribution is 2.21. The number of guanidine groups is 1. The third-order valence-corrected chi connectivity index (χ3v) is 4.80. The van der Waals surface area contributed by atoms with Gasteiger partial charge in [-0.05, 0) is 35.4 Å². The third kappa shape index (κ3) is 5.74. The standard InChI is InChI=1S/C21H26F2N4O/c1-24-21(25-14-16-2-6-18(22)7-3-16)26-15-20(27-10-12-28-13-11-27)17-4-8-19(23)9-5-17/h2-9,20H,10-15H2,1H3,(H2,24,25,26). The minimum absolute atomic E-state index is 0.0777. The average Bonchev–Trinajstić information content (AvgIpc) is 2.73. The van der Waals surface area contributed by atoms with E-state index in [9.17, 15) is 8.78 Å². The zero-order valence-corrected chi connectivity index (χ0v) is 16.0. The Bertz CT molecular complexity index is 759. The van der Waals surface area contributed by atoms with Crippen molar-refractivity contribution in [3.05, 3.63) is 71.3 Å². The molecular formula is C21H26F2N4O. The minimum Gasteiger partial charge on any atom is -0.379 e. The van der Waals surface area contributed by atoms with Gasteiger partial charge in [0.05, 0.1) is 19.3 Å². The second kappa shape index (κ2) is 10.1. The first-order valence-electron chi connectivity index (χ1n) is 9.42. The fourth-order valence-corrected chi connectivity index (χ4v) is 3.23. The van der Waals surface area contributed by atoms with E-state index in [1.807, 2.05) is 12.1 Å². The van der Waals surface area contributed by atoms with Crippen LogP contribution in [-0.2, 0) is 11.3 Å². The molecule has 1 unspecified atom stereocenters. The molecule has 2 N–H and O–H groups in total. The molecule has 28 heavy (non-hydrogen) atoms. The smallest absolute Gasteiger partial charge is 0.191 e. The molecule has 2 aromatic carbocycles. The molecule has 2 aromatic rings. The topological polar surface area (TPSA) is 48.9 Å². The van der Waals surface area contributed by atoms with Crippen molar-refractivity contribution in [2.45, 2.75) is 12.6 Å². The maximum atomic E-state index is 13.3. The first kappa shape index (κ1) is 20.2. The van der Waals surface area contributed by atoms with Gasteiger partial charge in [0, 0.05) is 33.2 Å². The van der Waals surface area contributed by atoms with Crippen molar-refractivity contribution in [1.29, 1.82) is 0 Å². The highest BCUT2D eigenvalue weighted by molar-refractivity contribution is 5.79. The number of nitrogens with zero attached hydrogens (tertiary/aromatic N) is 2. The van der Waals surface area contributed by atoms with E-state index in [1.165, 1.54) is 24.3 Å². The number of hydrogen-bond acceptors (Lipinski definition) is 3. The summed E-state index contributed by atoms with van der Waals surface area (Å²) in [6, 6.07) is 13.1. The largest absolute Gasteiger partial charge is 0.379 e. The minimum atomic E-state index is -0.251. The zero-order chi connectivity index (χ0) is 19.8. The van der Waals surface area contributed by atoms with Gasteiger partial charge in [0.25, 0.3) is 0 Å². The van der Waals surface area contributed by atoms with Crippen LogP contribution in [0.25, 0.3) is 0 Å². The molecule has 0 aliphatic carbocycles. The quantitative estimate of drug-likeness (QED) is 0.590. The maximum absolute atomic E-state index is 13.3. The first-order valence-corrected chi connectivity index (χ1v) is 9.42. The number of ether oxygens (including phenoxy) is 1. The number of benzene rings is 2. The molecule has 150 valence electrons. The highest BCUT2D eigenvalue weighted by atomic mass is 19.1. The summed E-state index contributed by atoms with van der Waals surface area (Å²) in [6.07, 6.45) is 0. The van der Waals surface area contributed by atoms with Crippen LogP contribution < -0.4 is 10.6 Å². The summed E-state index contributed by atoms with van der Waals surface area (Å²) in [4.78, 5) is 6.59. The SMILES string of the molecule is CN=C(NCc1ccc(F)cc1)NCC(c1ccc(F)cc1)N1CCOCC1. The Labute approximate surface area is 164 Å². The van der Waals surface area contributed by atoms with Crippen LogP contribution in [0.5, 0.6) is 0 Å². The van der Waals surface area contributed by atoms with Crippen molar-refractivity contribution >= 4 is 5.96 Å². The van der Waals surface area contributed by atoms with Crippen LogP contribution in [-0.4, -0.2) is 50.8 Å². The van der Waals surface area contributed by atoms with Crippen LogP contribution in [0.2, 0.25) is 0 Å². The van der Waals surface area contributed by atoms with Crippen molar-refractivity contribution < 1.29 is 13.5 Å². The van der Waals surface area contributed by atoms with Gasteiger partial charge in [-0.2, -0.15) is 0 Å². The molecule has 7 heteroatoms. The fourth-order valence-electron chi connectivity index (χ4n) is 3.23. The zero-order valence-electron chi connectivity index (χ0n) is 16.0. The molecular weight excluding hydrogens is 362 g/mol. The monoisotopic (exact) mass is 388 g/mol. The van der Waals surface area contributed by atoms with Crippen LogP contribution in [0.4, 0.5) is 8.78 Å². The molecule has 0 radical (unpaired) electrons. The van der Waals surface area contributed by atoms with E-state index in [4.69, 9.17) is 4.74 Å².